The molecule has 0 amide bonds. The van der Waals surface area contributed by atoms with Crippen LogP contribution in [0.3, 0.4) is 0 Å². The highest BCUT2D eigenvalue weighted by Crippen LogP contribution is 2.25. The normalized spacial score (nSPS) is 19.5. The van der Waals surface area contributed by atoms with Crippen LogP contribution < -0.4 is 0 Å². The Kier molecular flexibility index (Phi) is 6.56. The summed E-state index contributed by atoms with van der Waals surface area (Å²) in [5, 5.41) is 0. The van der Waals surface area contributed by atoms with Gasteiger partial charge in [-0.25, -0.2) is 0 Å². The van der Waals surface area contributed by atoms with E-state index in [0.29, 0.717) is 12.5 Å². The van der Waals surface area contributed by atoms with Gasteiger partial charge in [0.25, 0.3) is 0 Å². The van der Waals surface area contributed by atoms with Gasteiger partial charge in [0.1, 0.15) is 23.0 Å². The van der Waals surface area contributed by atoms with Gasteiger partial charge in [-0.3, -0.25) is 4.90 Å². The Morgan fingerprint density at radius 1 is 1.26 bits per heavy atom. The van der Waals surface area contributed by atoms with Crippen LogP contribution in [0.1, 0.15) is 18.4 Å². The molecule has 3 nitrogen and oxygen atoms in total. The summed E-state index contributed by atoms with van der Waals surface area (Å²) >= 11 is 2.01. The molecule has 1 fully saturated rings. The molecule has 1 aliphatic heterocycles. The lowest BCUT2D eigenvalue weighted by Gasteiger charge is -2.34. The minimum Gasteiger partial charge on any atom is -0.382 e. The van der Waals surface area contributed by atoms with Crippen molar-refractivity contribution in [3.8, 4) is 0 Å². The summed E-state index contributed by atoms with van der Waals surface area (Å²) in [7, 11) is 1.74. The molecule has 2 rings (SSSR count). The van der Waals surface area contributed by atoms with Crippen LogP contribution in [0.15, 0.2) is 30.3 Å². The maximum absolute atomic E-state index is 5.51. The van der Waals surface area contributed by atoms with Crippen molar-refractivity contribution in [3.63, 3.8) is 0 Å². The number of piperidine rings is 1. The van der Waals surface area contributed by atoms with Gasteiger partial charge >= 0.3 is 0 Å². The first kappa shape index (κ1) is 15.2. The average Bonchev–Trinajstić information content (AvgIpc) is 2.47. The second kappa shape index (κ2) is 8.19. The number of benzene rings is 1. The molecular formula is C15H22INO2. The molecule has 19 heavy (non-hydrogen) atoms. The first-order valence-electron chi connectivity index (χ1n) is 6.86. The molecule has 4 heteroatoms. The van der Waals surface area contributed by atoms with E-state index < -0.39 is 0 Å². The SMILES string of the molecule is COCC(OI)C1CCN(Cc2ccccc2)CC1. The minimum atomic E-state index is 0.240. The molecule has 1 unspecified atom stereocenters. The second-order valence-corrected chi connectivity index (χ2v) is 5.69. The molecule has 1 heterocycles. The van der Waals surface area contributed by atoms with Gasteiger partial charge < -0.3 is 7.80 Å². The Morgan fingerprint density at radius 3 is 2.53 bits per heavy atom. The number of likely N-dealkylation sites (tertiary alicyclic amines) is 1. The highest BCUT2D eigenvalue weighted by atomic mass is 127. The Morgan fingerprint density at radius 2 is 1.95 bits per heavy atom. The van der Waals surface area contributed by atoms with E-state index in [0.717, 1.165) is 19.6 Å². The summed E-state index contributed by atoms with van der Waals surface area (Å²) < 4.78 is 10.7. The number of nitrogens with zero attached hydrogens (tertiary/aromatic N) is 1. The summed E-state index contributed by atoms with van der Waals surface area (Å²) in [4.78, 5) is 2.53. The molecule has 0 aromatic heterocycles. The third-order valence-electron chi connectivity index (χ3n) is 3.85. The molecule has 1 aliphatic rings. The monoisotopic (exact) mass is 375 g/mol. The number of rotatable bonds is 6. The zero-order valence-electron chi connectivity index (χ0n) is 11.4. The third kappa shape index (κ3) is 4.70. The van der Waals surface area contributed by atoms with Crippen LogP contribution in [0.2, 0.25) is 0 Å². The molecule has 0 aliphatic carbocycles. The first-order chi connectivity index (χ1) is 9.33. The molecule has 106 valence electrons. The van der Waals surface area contributed by atoms with Crippen molar-refractivity contribution < 1.29 is 7.80 Å². The Bertz CT molecular complexity index is 352. The topological polar surface area (TPSA) is 21.7 Å². The third-order valence-corrected chi connectivity index (χ3v) is 4.51. The van der Waals surface area contributed by atoms with E-state index in [2.05, 4.69) is 35.2 Å². The van der Waals surface area contributed by atoms with Crippen LogP contribution in [0, 0.1) is 5.92 Å². The maximum Gasteiger partial charge on any atom is 0.110 e. The zero-order valence-corrected chi connectivity index (χ0v) is 13.6. The van der Waals surface area contributed by atoms with Gasteiger partial charge in [-0.2, -0.15) is 0 Å². The van der Waals surface area contributed by atoms with Crippen LogP contribution in [0.25, 0.3) is 0 Å². The molecular weight excluding hydrogens is 353 g/mol. The summed E-state index contributed by atoms with van der Waals surface area (Å²) in [6, 6.07) is 10.7. The van der Waals surface area contributed by atoms with Gasteiger partial charge in [0, 0.05) is 13.7 Å². The summed E-state index contributed by atoms with van der Waals surface area (Å²) in [5.74, 6) is 0.629. The van der Waals surface area contributed by atoms with Crippen molar-refractivity contribution in [1.29, 1.82) is 0 Å². The fraction of sp³-hybridized carbons (Fsp3) is 0.600. The number of hydrogen-bond acceptors (Lipinski definition) is 3. The lowest BCUT2D eigenvalue weighted by Crippen LogP contribution is -2.38. The number of methoxy groups -OCH3 is 1. The zero-order chi connectivity index (χ0) is 13.5. The maximum atomic E-state index is 5.51. The van der Waals surface area contributed by atoms with Gasteiger partial charge in [-0.15, -0.1) is 0 Å². The summed E-state index contributed by atoms with van der Waals surface area (Å²) in [6.07, 6.45) is 2.64. The van der Waals surface area contributed by atoms with Crippen LogP contribution in [0.5, 0.6) is 0 Å². The van der Waals surface area contributed by atoms with Gasteiger partial charge in [-0.1, -0.05) is 30.3 Å². The van der Waals surface area contributed by atoms with E-state index >= 15 is 0 Å². The van der Waals surface area contributed by atoms with E-state index in [-0.39, 0.29) is 6.10 Å². The fourth-order valence-corrected chi connectivity index (χ4v) is 3.29. The Balaban J connectivity index is 1.79. The molecule has 1 aromatic rings. The van der Waals surface area contributed by atoms with Gasteiger partial charge in [-0.05, 0) is 37.4 Å². The molecule has 0 bridgehead atoms. The molecule has 0 spiro atoms. The van der Waals surface area contributed by atoms with E-state index in [4.69, 9.17) is 7.80 Å². The van der Waals surface area contributed by atoms with Crippen molar-refractivity contribution in [2.24, 2.45) is 5.92 Å². The average molecular weight is 375 g/mol. The van der Waals surface area contributed by atoms with E-state index in [1.54, 1.807) is 7.11 Å². The standard InChI is InChI=1S/C15H22INO2/c1-18-12-15(19-16)14-7-9-17(10-8-14)11-13-5-3-2-4-6-13/h2-6,14-15H,7-12H2,1H3. The number of ether oxygens (including phenoxy) is 1. The van der Waals surface area contributed by atoms with Crippen molar-refractivity contribution in [3.05, 3.63) is 35.9 Å². The first-order valence-corrected chi connectivity index (χ1v) is 7.74. The van der Waals surface area contributed by atoms with Crippen molar-refractivity contribution in [2.75, 3.05) is 26.8 Å². The van der Waals surface area contributed by atoms with Gasteiger partial charge in [0.05, 0.1) is 12.7 Å². The van der Waals surface area contributed by atoms with E-state index in [1.165, 1.54) is 18.4 Å². The van der Waals surface area contributed by atoms with Crippen LogP contribution >= 0.6 is 23.0 Å². The Labute approximate surface area is 130 Å². The van der Waals surface area contributed by atoms with Crippen molar-refractivity contribution in [2.45, 2.75) is 25.5 Å². The molecule has 0 N–H and O–H groups in total. The lowest BCUT2D eigenvalue weighted by atomic mass is 9.91. The van der Waals surface area contributed by atoms with Crippen molar-refractivity contribution >= 4 is 23.0 Å². The Hall–Kier alpha value is -0.170. The smallest absolute Gasteiger partial charge is 0.110 e. The predicted octanol–water partition coefficient (Wildman–Crippen LogP) is 3.28. The largest absolute Gasteiger partial charge is 0.382 e. The molecule has 0 radical (unpaired) electrons. The van der Waals surface area contributed by atoms with Crippen LogP contribution in [-0.2, 0) is 14.3 Å². The van der Waals surface area contributed by atoms with Crippen molar-refractivity contribution in [1.82, 2.24) is 4.90 Å². The predicted molar refractivity (Wildman–Crippen MR) is 85.2 cm³/mol. The van der Waals surface area contributed by atoms with Crippen LogP contribution in [-0.4, -0.2) is 37.8 Å². The minimum absolute atomic E-state index is 0.240. The molecule has 1 saturated heterocycles. The summed E-state index contributed by atoms with van der Waals surface area (Å²) in [6.45, 7) is 4.07. The van der Waals surface area contributed by atoms with E-state index in [9.17, 15) is 0 Å². The fourth-order valence-electron chi connectivity index (χ4n) is 2.72. The number of hydrogen-bond donors (Lipinski definition) is 0. The quantitative estimate of drug-likeness (QED) is 0.713. The molecule has 1 aromatic carbocycles. The molecule has 0 saturated carbocycles. The van der Waals surface area contributed by atoms with Gasteiger partial charge in [0.15, 0.2) is 0 Å². The highest BCUT2D eigenvalue weighted by Gasteiger charge is 2.26. The van der Waals surface area contributed by atoms with E-state index in [1.807, 2.05) is 23.0 Å². The molecule has 1 atom stereocenters. The second-order valence-electron chi connectivity index (χ2n) is 5.18. The summed E-state index contributed by atoms with van der Waals surface area (Å²) in [5.41, 5.74) is 1.40. The van der Waals surface area contributed by atoms with Gasteiger partial charge in [0.2, 0.25) is 0 Å². The number of halogens is 1. The van der Waals surface area contributed by atoms with Crippen LogP contribution in [0.4, 0.5) is 0 Å². The lowest BCUT2D eigenvalue weighted by molar-refractivity contribution is 0.0407. The highest BCUT2D eigenvalue weighted by molar-refractivity contribution is 14.1.